The average molecular weight is 285 g/mol. The van der Waals surface area contributed by atoms with Crippen LogP contribution in [0, 0.1) is 5.92 Å². The molecular weight excluding hydrogens is 270 g/mol. The number of aromatic nitrogens is 3. The maximum atomic E-state index is 12.1. The summed E-state index contributed by atoms with van der Waals surface area (Å²) in [4.78, 5) is 23.2. The third-order valence-electron chi connectivity index (χ3n) is 3.45. The zero-order valence-electron chi connectivity index (χ0n) is 11.5. The Hall–Kier alpha value is -2.70. The molecule has 3 rings (SSSR count). The summed E-state index contributed by atoms with van der Waals surface area (Å²) >= 11 is 0. The zero-order chi connectivity index (χ0) is 14.8. The Morgan fingerprint density at radius 1 is 1.48 bits per heavy atom. The smallest absolute Gasteiger partial charge is 0.229 e. The van der Waals surface area contributed by atoms with Crippen LogP contribution in [0.25, 0.3) is 11.4 Å². The van der Waals surface area contributed by atoms with Gasteiger partial charge in [0.1, 0.15) is 6.33 Å². The lowest BCUT2D eigenvalue weighted by atomic mass is 10.1. The number of benzene rings is 1. The van der Waals surface area contributed by atoms with Gasteiger partial charge in [-0.25, -0.2) is 0 Å². The maximum absolute atomic E-state index is 12.1. The van der Waals surface area contributed by atoms with E-state index < -0.39 is 0 Å². The van der Waals surface area contributed by atoms with Gasteiger partial charge in [0.05, 0.1) is 5.92 Å². The van der Waals surface area contributed by atoms with E-state index >= 15 is 0 Å². The van der Waals surface area contributed by atoms with Crippen molar-refractivity contribution in [2.24, 2.45) is 13.0 Å². The number of hydrogen-bond donors (Lipinski definition) is 2. The van der Waals surface area contributed by atoms with E-state index in [-0.39, 0.29) is 24.2 Å². The number of anilines is 1. The minimum absolute atomic E-state index is 0.0806. The van der Waals surface area contributed by atoms with Crippen LogP contribution in [0.4, 0.5) is 5.69 Å². The lowest BCUT2D eigenvalue weighted by Crippen LogP contribution is -2.24. The first-order valence-electron chi connectivity index (χ1n) is 6.65. The minimum Gasteiger partial charge on any atom is -0.355 e. The highest BCUT2D eigenvalue weighted by Gasteiger charge is 2.27. The van der Waals surface area contributed by atoms with E-state index in [1.807, 2.05) is 31.3 Å². The fourth-order valence-electron chi connectivity index (χ4n) is 2.32. The fraction of sp³-hybridized carbons (Fsp3) is 0.286. The molecule has 1 aromatic carbocycles. The molecule has 21 heavy (non-hydrogen) atoms. The Kier molecular flexibility index (Phi) is 3.39. The average Bonchev–Trinajstić information content (AvgIpc) is 3.08. The molecule has 0 spiro atoms. The van der Waals surface area contributed by atoms with Gasteiger partial charge in [-0.1, -0.05) is 12.1 Å². The summed E-state index contributed by atoms with van der Waals surface area (Å²) in [5.74, 6) is 0.186. The minimum atomic E-state index is -0.309. The Morgan fingerprint density at radius 3 is 3.00 bits per heavy atom. The summed E-state index contributed by atoms with van der Waals surface area (Å²) in [7, 11) is 1.86. The predicted octanol–water partition coefficient (Wildman–Crippen LogP) is 0.557. The number of carbonyl (C=O) groups is 2. The van der Waals surface area contributed by atoms with Crippen LogP contribution in [0.5, 0.6) is 0 Å². The largest absolute Gasteiger partial charge is 0.355 e. The van der Waals surface area contributed by atoms with Crippen LogP contribution in [-0.2, 0) is 16.6 Å². The predicted molar refractivity (Wildman–Crippen MR) is 76.2 cm³/mol. The third kappa shape index (κ3) is 2.76. The number of amides is 2. The van der Waals surface area contributed by atoms with Gasteiger partial charge in [-0.2, -0.15) is 0 Å². The normalized spacial score (nSPS) is 17.6. The Bertz CT molecular complexity index is 694. The highest BCUT2D eigenvalue weighted by Crippen LogP contribution is 2.21. The number of carbonyl (C=O) groups excluding carboxylic acids is 2. The molecule has 0 aliphatic carbocycles. The van der Waals surface area contributed by atoms with Crippen molar-refractivity contribution in [2.75, 3.05) is 11.9 Å². The van der Waals surface area contributed by atoms with Crippen molar-refractivity contribution in [2.45, 2.75) is 6.42 Å². The van der Waals surface area contributed by atoms with Crippen LogP contribution in [0.3, 0.4) is 0 Å². The van der Waals surface area contributed by atoms with Gasteiger partial charge in [-0.3, -0.25) is 9.59 Å². The van der Waals surface area contributed by atoms with Crippen LogP contribution < -0.4 is 10.6 Å². The summed E-state index contributed by atoms with van der Waals surface area (Å²) in [6.07, 6.45) is 1.87. The van der Waals surface area contributed by atoms with Crippen molar-refractivity contribution in [3.8, 4) is 11.4 Å². The number of nitrogens with one attached hydrogen (secondary N) is 2. The van der Waals surface area contributed by atoms with E-state index in [0.717, 1.165) is 11.4 Å². The lowest BCUT2D eigenvalue weighted by molar-refractivity contribution is -0.123. The molecule has 1 aromatic heterocycles. The number of aryl methyl sites for hydroxylation is 1. The van der Waals surface area contributed by atoms with Gasteiger partial charge in [0, 0.05) is 31.3 Å². The molecule has 1 aliphatic heterocycles. The Balaban J connectivity index is 1.76. The highest BCUT2D eigenvalue weighted by atomic mass is 16.2. The number of nitrogens with zero attached hydrogens (tertiary/aromatic N) is 3. The Labute approximate surface area is 121 Å². The second-order valence-electron chi connectivity index (χ2n) is 5.04. The first kappa shape index (κ1) is 13.3. The topological polar surface area (TPSA) is 88.9 Å². The summed E-state index contributed by atoms with van der Waals surface area (Å²) in [5, 5.41) is 13.4. The van der Waals surface area contributed by atoms with E-state index in [2.05, 4.69) is 20.8 Å². The van der Waals surface area contributed by atoms with Gasteiger partial charge >= 0.3 is 0 Å². The molecular formula is C14H15N5O2. The highest BCUT2D eigenvalue weighted by molar-refractivity contribution is 5.97. The quantitative estimate of drug-likeness (QED) is 0.862. The molecule has 1 saturated heterocycles. The van der Waals surface area contributed by atoms with Gasteiger partial charge in [0.15, 0.2) is 5.82 Å². The van der Waals surface area contributed by atoms with Gasteiger partial charge in [-0.05, 0) is 12.1 Å². The van der Waals surface area contributed by atoms with E-state index in [0.29, 0.717) is 12.2 Å². The molecule has 0 bridgehead atoms. The molecule has 7 nitrogen and oxygen atoms in total. The SMILES string of the molecule is Cn1cnnc1-c1cccc(NC(=O)C2CNC(=O)C2)c1. The molecule has 1 fully saturated rings. The van der Waals surface area contributed by atoms with Crippen LogP contribution in [-0.4, -0.2) is 33.1 Å². The van der Waals surface area contributed by atoms with E-state index in [1.54, 1.807) is 10.9 Å². The van der Waals surface area contributed by atoms with Crippen molar-refractivity contribution in [1.29, 1.82) is 0 Å². The standard InChI is InChI=1S/C14H15N5O2/c1-19-8-16-18-13(19)9-3-2-4-11(5-9)17-14(21)10-6-12(20)15-7-10/h2-5,8,10H,6-7H2,1H3,(H,15,20)(H,17,21). The summed E-state index contributed by atoms with van der Waals surface area (Å²) in [6.45, 7) is 0.396. The van der Waals surface area contributed by atoms with Crippen molar-refractivity contribution >= 4 is 17.5 Å². The van der Waals surface area contributed by atoms with Crippen LogP contribution >= 0.6 is 0 Å². The molecule has 1 unspecified atom stereocenters. The molecule has 0 radical (unpaired) electrons. The summed E-state index contributed by atoms with van der Waals surface area (Å²) in [6, 6.07) is 7.39. The molecule has 1 aliphatic rings. The van der Waals surface area contributed by atoms with Crippen LogP contribution in [0.1, 0.15) is 6.42 Å². The maximum Gasteiger partial charge on any atom is 0.229 e. The van der Waals surface area contributed by atoms with E-state index in [1.165, 1.54) is 0 Å². The monoisotopic (exact) mass is 285 g/mol. The number of rotatable bonds is 3. The van der Waals surface area contributed by atoms with Gasteiger partial charge in [0.25, 0.3) is 0 Å². The van der Waals surface area contributed by atoms with E-state index in [9.17, 15) is 9.59 Å². The van der Waals surface area contributed by atoms with E-state index in [4.69, 9.17) is 0 Å². The molecule has 2 heterocycles. The van der Waals surface area contributed by atoms with Crippen molar-refractivity contribution in [3.05, 3.63) is 30.6 Å². The Morgan fingerprint density at radius 2 is 2.33 bits per heavy atom. The van der Waals surface area contributed by atoms with Crippen molar-refractivity contribution in [1.82, 2.24) is 20.1 Å². The number of hydrogen-bond acceptors (Lipinski definition) is 4. The molecule has 0 saturated carbocycles. The lowest BCUT2D eigenvalue weighted by Gasteiger charge is -2.10. The molecule has 7 heteroatoms. The molecule has 2 aromatic rings. The van der Waals surface area contributed by atoms with Crippen molar-refractivity contribution in [3.63, 3.8) is 0 Å². The third-order valence-corrected chi connectivity index (χ3v) is 3.45. The summed E-state index contributed by atoms with van der Waals surface area (Å²) < 4.78 is 1.81. The summed E-state index contributed by atoms with van der Waals surface area (Å²) in [5.41, 5.74) is 1.55. The molecule has 108 valence electrons. The van der Waals surface area contributed by atoms with Gasteiger partial charge in [0.2, 0.25) is 11.8 Å². The van der Waals surface area contributed by atoms with Crippen LogP contribution in [0.15, 0.2) is 30.6 Å². The fourth-order valence-corrected chi connectivity index (χ4v) is 2.32. The second-order valence-corrected chi connectivity index (χ2v) is 5.04. The molecule has 2 N–H and O–H groups in total. The van der Waals surface area contributed by atoms with Crippen molar-refractivity contribution < 1.29 is 9.59 Å². The van der Waals surface area contributed by atoms with Gasteiger partial charge in [-0.15, -0.1) is 10.2 Å². The second kappa shape index (κ2) is 5.35. The first-order chi connectivity index (χ1) is 10.1. The van der Waals surface area contributed by atoms with Crippen LogP contribution in [0.2, 0.25) is 0 Å². The first-order valence-corrected chi connectivity index (χ1v) is 6.65. The van der Waals surface area contributed by atoms with Gasteiger partial charge < -0.3 is 15.2 Å². The molecule has 2 amide bonds. The molecule has 1 atom stereocenters. The zero-order valence-corrected chi connectivity index (χ0v) is 11.5.